The zero-order valence-electron chi connectivity index (χ0n) is 20.2. The van der Waals surface area contributed by atoms with Crippen LogP contribution in [0, 0.1) is 5.92 Å². The van der Waals surface area contributed by atoms with E-state index in [1.54, 1.807) is 6.07 Å². The SMILES string of the molecule is COc1cc(OC)c2c(c1Cl)O[C@]1(C2=O)C(NNc2ccc(C(C)(C)C)cc2)=CC(=O)C[C@H]1C. The van der Waals surface area contributed by atoms with Crippen LogP contribution >= 0.6 is 11.6 Å². The molecule has 2 aromatic rings. The first-order valence-corrected chi connectivity index (χ1v) is 11.5. The molecule has 2 aliphatic rings. The highest BCUT2D eigenvalue weighted by atomic mass is 35.5. The minimum atomic E-state index is -1.46. The van der Waals surface area contributed by atoms with Gasteiger partial charge in [-0.3, -0.25) is 9.59 Å². The van der Waals surface area contributed by atoms with Crippen molar-refractivity contribution in [1.29, 1.82) is 0 Å². The minimum Gasteiger partial charge on any atom is -0.496 e. The van der Waals surface area contributed by atoms with Crippen molar-refractivity contribution in [1.82, 2.24) is 5.43 Å². The van der Waals surface area contributed by atoms with Crippen molar-refractivity contribution in [3.8, 4) is 17.2 Å². The molecule has 1 heterocycles. The van der Waals surface area contributed by atoms with E-state index < -0.39 is 11.5 Å². The average molecular weight is 485 g/mol. The van der Waals surface area contributed by atoms with Gasteiger partial charge in [-0.05, 0) is 23.1 Å². The van der Waals surface area contributed by atoms with E-state index in [-0.39, 0.29) is 39.7 Å². The van der Waals surface area contributed by atoms with Crippen LogP contribution in [0.3, 0.4) is 0 Å². The van der Waals surface area contributed by atoms with Crippen molar-refractivity contribution < 1.29 is 23.8 Å². The number of rotatable bonds is 5. The lowest BCUT2D eigenvalue weighted by Gasteiger charge is -2.38. The van der Waals surface area contributed by atoms with Gasteiger partial charge in [-0.15, -0.1) is 0 Å². The predicted octanol–water partition coefficient (Wildman–Crippen LogP) is 5.08. The molecule has 0 bridgehead atoms. The molecule has 4 rings (SSSR count). The molecule has 0 amide bonds. The first kappa shape index (κ1) is 24.0. The molecule has 0 aromatic heterocycles. The third kappa shape index (κ3) is 3.78. The maximum absolute atomic E-state index is 13.9. The summed E-state index contributed by atoms with van der Waals surface area (Å²) in [5.41, 5.74) is 7.25. The van der Waals surface area contributed by atoms with Crippen molar-refractivity contribution in [3.05, 3.63) is 58.3 Å². The lowest BCUT2D eigenvalue weighted by molar-refractivity contribution is -0.117. The van der Waals surface area contributed by atoms with Gasteiger partial charge >= 0.3 is 0 Å². The van der Waals surface area contributed by atoms with Crippen molar-refractivity contribution in [2.45, 2.75) is 45.1 Å². The fraction of sp³-hybridized carbons (Fsp3) is 0.385. The number of methoxy groups -OCH3 is 2. The summed E-state index contributed by atoms with van der Waals surface area (Å²) < 4.78 is 17.1. The van der Waals surface area contributed by atoms with Gasteiger partial charge in [-0.1, -0.05) is 51.4 Å². The largest absolute Gasteiger partial charge is 0.496 e. The first-order chi connectivity index (χ1) is 16.0. The van der Waals surface area contributed by atoms with E-state index in [4.69, 9.17) is 25.8 Å². The summed E-state index contributed by atoms with van der Waals surface area (Å²) in [6.07, 6.45) is 1.57. The molecule has 0 fully saturated rings. The summed E-state index contributed by atoms with van der Waals surface area (Å²) >= 11 is 6.52. The van der Waals surface area contributed by atoms with Crippen LogP contribution in [0.15, 0.2) is 42.1 Å². The van der Waals surface area contributed by atoms with Gasteiger partial charge in [0.15, 0.2) is 11.5 Å². The van der Waals surface area contributed by atoms with Crippen LogP contribution in [0.4, 0.5) is 5.69 Å². The van der Waals surface area contributed by atoms with Crippen molar-refractivity contribution in [2.75, 3.05) is 19.6 Å². The smallest absolute Gasteiger partial charge is 0.220 e. The van der Waals surface area contributed by atoms with Gasteiger partial charge in [-0.25, -0.2) is 0 Å². The van der Waals surface area contributed by atoms with Crippen LogP contribution in [0.1, 0.15) is 50.0 Å². The molecule has 0 saturated carbocycles. The van der Waals surface area contributed by atoms with E-state index >= 15 is 0 Å². The monoisotopic (exact) mass is 484 g/mol. The summed E-state index contributed by atoms with van der Waals surface area (Å²) in [4.78, 5) is 26.4. The summed E-state index contributed by atoms with van der Waals surface area (Å²) in [6.45, 7) is 8.25. The van der Waals surface area contributed by atoms with Crippen LogP contribution in [0.2, 0.25) is 5.02 Å². The number of ether oxygens (including phenoxy) is 3. The quantitative estimate of drug-likeness (QED) is 0.572. The number of hydrogen-bond acceptors (Lipinski definition) is 7. The number of halogens is 1. The Labute approximate surface area is 204 Å². The molecule has 180 valence electrons. The molecule has 34 heavy (non-hydrogen) atoms. The topological polar surface area (TPSA) is 85.9 Å². The highest BCUT2D eigenvalue weighted by Gasteiger charge is 2.59. The fourth-order valence-electron chi connectivity index (χ4n) is 4.46. The Morgan fingerprint density at radius 1 is 1.06 bits per heavy atom. The van der Waals surface area contributed by atoms with Crippen LogP contribution < -0.4 is 25.1 Å². The Morgan fingerprint density at radius 2 is 1.71 bits per heavy atom. The maximum Gasteiger partial charge on any atom is 0.220 e. The van der Waals surface area contributed by atoms with Crippen LogP contribution in [0.25, 0.3) is 0 Å². The lowest BCUT2D eigenvalue weighted by atomic mass is 9.74. The van der Waals surface area contributed by atoms with E-state index in [0.29, 0.717) is 17.2 Å². The van der Waals surface area contributed by atoms with E-state index in [2.05, 4.69) is 31.6 Å². The number of nitrogens with one attached hydrogen (secondary N) is 2. The molecule has 8 heteroatoms. The van der Waals surface area contributed by atoms with E-state index in [1.165, 1.54) is 25.9 Å². The Morgan fingerprint density at radius 3 is 2.29 bits per heavy atom. The highest BCUT2D eigenvalue weighted by Crippen LogP contribution is 2.54. The molecule has 1 spiro atoms. The molecule has 2 N–H and O–H groups in total. The first-order valence-electron chi connectivity index (χ1n) is 11.1. The van der Waals surface area contributed by atoms with Gasteiger partial charge in [0.05, 0.1) is 25.6 Å². The summed E-state index contributed by atoms with van der Waals surface area (Å²) in [6, 6.07) is 9.50. The molecular weight excluding hydrogens is 456 g/mol. The predicted molar refractivity (Wildman–Crippen MR) is 131 cm³/mol. The standard InChI is InChI=1S/C26H29ClN2O5/c1-14-11-17(30)12-20(29-28-16-9-7-15(8-10-16)25(2,3)4)26(14)24(31)21-18(32-5)13-19(33-6)22(27)23(21)34-26/h7-10,12-14,28-29H,11H2,1-6H3/t14-,26+/m1/s1. The fourth-order valence-corrected chi connectivity index (χ4v) is 4.73. The zero-order chi connectivity index (χ0) is 24.8. The van der Waals surface area contributed by atoms with E-state index in [0.717, 1.165) is 5.69 Å². The zero-order valence-corrected chi connectivity index (χ0v) is 20.9. The van der Waals surface area contributed by atoms with Gasteiger partial charge in [0, 0.05) is 24.5 Å². The number of carbonyl (C=O) groups is 2. The number of ketones is 2. The van der Waals surface area contributed by atoms with Gasteiger partial charge in [0.2, 0.25) is 11.4 Å². The Kier molecular flexibility index (Phi) is 6.02. The molecule has 2 aromatic carbocycles. The third-order valence-corrected chi connectivity index (χ3v) is 6.78. The third-order valence-electron chi connectivity index (χ3n) is 6.42. The number of anilines is 1. The molecule has 1 aliphatic heterocycles. The van der Waals surface area contributed by atoms with Crippen LogP contribution in [-0.2, 0) is 10.2 Å². The lowest BCUT2D eigenvalue weighted by Crippen LogP contribution is -2.55. The number of hydrazine groups is 1. The molecule has 7 nitrogen and oxygen atoms in total. The Hall–Kier alpha value is -3.19. The molecule has 1 aliphatic carbocycles. The number of Topliss-reactive ketones (excluding diaryl/α,β-unsaturated/α-hetero) is 1. The molecule has 0 saturated heterocycles. The number of hydrogen-bond donors (Lipinski definition) is 2. The van der Waals surface area contributed by atoms with Crippen molar-refractivity contribution in [2.24, 2.45) is 5.92 Å². The van der Waals surface area contributed by atoms with Gasteiger partial charge < -0.3 is 25.1 Å². The normalized spacial score (nSPS) is 21.6. The highest BCUT2D eigenvalue weighted by molar-refractivity contribution is 6.35. The van der Waals surface area contributed by atoms with Gasteiger partial charge in [-0.2, -0.15) is 0 Å². The van der Waals surface area contributed by atoms with Crippen LogP contribution in [-0.4, -0.2) is 31.4 Å². The molecular formula is C26H29ClN2O5. The Balaban J connectivity index is 1.71. The average Bonchev–Trinajstić information content (AvgIpc) is 3.10. The van der Waals surface area contributed by atoms with Gasteiger partial charge in [0.25, 0.3) is 0 Å². The molecule has 0 unspecified atom stereocenters. The number of allylic oxidation sites excluding steroid dienone is 1. The summed E-state index contributed by atoms with van der Waals surface area (Å²) in [7, 11) is 2.94. The number of carbonyl (C=O) groups excluding carboxylic acids is 2. The van der Waals surface area contributed by atoms with E-state index in [9.17, 15) is 9.59 Å². The minimum absolute atomic E-state index is 0.0268. The number of benzene rings is 2. The number of fused-ring (bicyclic) bond motifs is 1. The van der Waals surface area contributed by atoms with Crippen molar-refractivity contribution >= 4 is 28.9 Å². The Bertz CT molecular complexity index is 1180. The van der Waals surface area contributed by atoms with Gasteiger partial charge in [0.1, 0.15) is 22.1 Å². The summed E-state index contributed by atoms with van der Waals surface area (Å²) in [5.74, 6) is -0.0684. The molecule has 2 atom stereocenters. The van der Waals surface area contributed by atoms with Crippen molar-refractivity contribution in [3.63, 3.8) is 0 Å². The molecule has 0 radical (unpaired) electrons. The second kappa shape index (κ2) is 8.55. The second-order valence-electron chi connectivity index (χ2n) is 9.67. The second-order valence-corrected chi connectivity index (χ2v) is 10.1. The maximum atomic E-state index is 13.9. The van der Waals surface area contributed by atoms with Crippen LogP contribution in [0.5, 0.6) is 17.2 Å². The van der Waals surface area contributed by atoms with E-state index in [1.807, 2.05) is 31.2 Å². The summed E-state index contributed by atoms with van der Waals surface area (Å²) in [5, 5.41) is 0.178.